The van der Waals surface area contributed by atoms with Gasteiger partial charge in [-0.05, 0) is 37.3 Å². The average Bonchev–Trinajstić information content (AvgIpc) is 2.97. The maximum atomic E-state index is 12.5. The molecule has 0 fully saturated rings. The topological polar surface area (TPSA) is 33.2 Å². The number of rotatable bonds is 5. The van der Waals surface area contributed by atoms with Crippen LogP contribution in [0.2, 0.25) is 5.02 Å². The van der Waals surface area contributed by atoms with E-state index in [0.717, 1.165) is 20.2 Å². The van der Waals surface area contributed by atoms with Crippen LogP contribution >= 0.6 is 34.7 Å². The normalized spacial score (nSPS) is 10.9. The number of nitrogens with zero attached hydrogens (tertiary/aromatic N) is 2. The lowest BCUT2D eigenvalue weighted by Gasteiger charge is -2.17. The van der Waals surface area contributed by atoms with Gasteiger partial charge in [0.25, 0.3) is 0 Å². The first-order valence-electron chi connectivity index (χ1n) is 7.21. The number of thioether (sulfide) groups is 1. The van der Waals surface area contributed by atoms with Crippen LogP contribution in [-0.4, -0.2) is 23.2 Å². The van der Waals surface area contributed by atoms with Gasteiger partial charge in [-0.2, -0.15) is 0 Å². The maximum absolute atomic E-state index is 12.5. The lowest BCUT2D eigenvalue weighted by molar-refractivity contribution is -0.116. The van der Waals surface area contributed by atoms with Gasteiger partial charge in [0.15, 0.2) is 5.13 Å². The van der Waals surface area contributed by atoms with Gasteiger partial charge in [-0.25, -0.2) is 4.98 Å². The molecule has 0 bridgehead atoms. The number of carbonyl (C=O) groups is 1. The van der Waals surface area contributed by atoms with Crippen molar-refractivity contribution < 1.29 is 4.79 Å². The molecule has 0 saturated heterocycles. The average molecular weight is 363 g/mol. The lowest BCUT2D eigenvalue weighted by atomic mass is 10.3. The monoisotopic (exact) mass is 362 g/mol. The standard InChI is InChI=1S/C17H15ClN2OS2/c1-2-20(17-19-14-8-3-4-9-15(14)23-17)16(21)11-22-13-7-5-6-12(18)10-13/h3-10H,2,11H2,1H3. The van der Waals surface area contributed by atoms with Crippen LogP contribution in [0, 0.1) is 0 Å². The smallest absolute Gasteiger partial charge is 0.239 e. The van der Waals surface area contributed by atoms with Crippen molar-refractivity contribution >= 4 is 56.0 Å². The fraction of sp³-hybridized carbons (Fsp3) is 0.176. The molecule has 3 rings (SSSR count). The summed E-state index contributed by atoms with van der Waals surface area (Å²) in [7, 11) is 0. The van der Waals surface area contributed by atoms with Gasteiger partial charge in [-0.1, -0.05) is 41.1 Å². The number of anilines is 1. The van der Waals surface area contributed by atoms with Crippen molar-refractivity contribution in [3.8, 4) is 0 Å². The molecule has 23 heavy (non-hydrogen) atoms. The molecule has 0 aliphatic carbocycles. The van der Waals surface area contributed by atoms with Crippen molar-refractivity contribution in [2.45, 2.75) is 11.8 Å². The Hall–Kier alpha value is -1.56. The van der Waals surface area contributed by atoms with Crippen molar-refractivity contribution in [1.29, 1.82) is 0 Å². The Bertz CT molecular complexity index is 801. The van der Waals surface area contributed by atoms with Crippen LogP contribution in [0.1, 0.15) is 6.92 Å². The minimum atomic E-state index is 0.0523. The summed E-state index contributed by atoms with van der Waals surface area (Å²) in [6.07, 6.45) is 0. The number of amides is 1. The summed E-state index contributed by atoms with van der Waals surface area (Å²) in [4.78, 5) is 19.8. The highest BCUT2D eigenvalue weighted by Gasteiger charge is 2.18. The number of fused-ring (bicyclic) bond motifs is 1. The first-order chi connectivity index (χ1) is 11.2. The molecule has 0 aliphatic heterocycles. The van der Waals surface area contributed by atoms with Crippen molar-refractivity contribution in [3.05, 3.63) is 53.6 Å². The van der Waals surface area contributed by atoms with Crippen molar-refractivity contribution in [2.75, 3.05) is 17.2 Å². The van der Waals surface area contributed by atoms with Gasteiger partial charge in [-0.3, -0.25) is 9.69 Å². The van der Waals surface area contributed by atoms with E-state index in [1.54, 1.807) is 16.2 Å². The lowest BCUT2D eigenvalue weighted by Crippen LogP contribution is -2.31. The molecule has 0 saturated carbocycles. The van der Waals surface area contributed by atoms with E-state index in [4.69, 9.17) is 11.6 Å². The Morgan fingerprint density at radius 3 is 2.83 bits per heavy atom. The molecule has 1 aromatic heterocycles. The number of halogens is 1. The number of aromatic nitrogens is 1. The molecule has 1 heterocycles. The van der Waals surface area contributed by atoms with Crippen molar-refractivity contribution in [3.63, 3.8) is 0 Å². The Balaban J connectivity index is 1.73. The molecule has 118 valence electrons. The van der Waals surface area contributed by atoms with Crippen LogP contribution in [-0.2, 0) is 4.79 Å². The Labute approximate surface area is 148 Å². The predicted molar refractivity (Wildman–Crippen MR) is 99.8 cm³/mol. The highest BCUT2D eigenvalue weighted by atomic mass is 35.5. The van der Waals surface area contributed by atoms with Gasteiger partial charge in [-0.15, -0.1) is 11.8 Å². The van der Waals surface area contributed by atoms with E-state index in [0.29, 0.717) is 17.3 Å². The van der Waals surface area contributed by atoms with Crippen LogP contribution in [0.4, 0.5) is 5.13 Å². The van der Waals surface area contributed by atoms with Crippen LogP contribution < -0.4 is 4.90 Å². The molecule has 0 unspecified atom stereocenters. The molecule has 6 heteroatoms. The minimum absolute atomic E-state index is 0.0523. The zero-order valence-electron chi connectivity index (χ0n) is 12.5. The second-order valence-corrected chi connectivity index (χ2v) is 7.34. The number of thiazole rings is 1. The number of hydrogen-bond acceptors (Lipinski definition) is 4. The molecule has 3 nitrogen and oxygen atoms in total. The molecule has 3 aromatic rings. The molecule has 0 aliphatic rings. The molecule has 0 atom stereocenters. The zero-order valence-corrected chi connectivity index (χ0v) is 14.9. The summed E-state index contributed by atoms with van der Waals surface area (Å²) in [6.45, 7) is 2.57. The maximum Gasteiger partial charge on any atom is 0.239 e. The van der Waals surface area contributed by atoms with Crippen LogP contribution in [0.3, 0.4) is 0 Å². The molecule has 2 aromatic carbocycles. The fourth-order valence-electron chi connectivity index (χ4n) is 2.17. The number of carbonyl (C=O) groups excluding carboxylic acids is 1. The third kappa shape index (κ3) is 3.86. The molecule has 1 amide bonds. The molecule has 0 radical (unpaired) electrons. The van der Waals surface area contributed by atoms with E-state index in [9.17, 15) is 4.79 Å². The second kappa shape index (κ2) is 7.34. The van der Waals surface area contributed by atoms with E-state index in [2.05, 4.69) is 4.98 Å². The van der Waals surface area contributed by atoms with Crippen molar-refractivity contribution in [2.24, 2.45) is 0 Å². The van der Waals surface area contributed by atoms with Gasteiger partial charge in [0, 0.05) is 16.5 Å². The summed E-state index contributed by atoms with van der Waals surface area (Å²) in [5.41, 5.74) is 0.932. The Morgan fingerprint density at radius 2 is 2.09 bits per heavy atom. The van der Waals surface area contributed by atoms with E-state index < -0.39 is 0 Å². The molecular formula is C17H15ClN2OS2. The highest BCUT2D eigenvalue weighted by molar-refractivity contribution is 8.00. The number of hydrogen-bond donors (Lipinski definition) is 0. The minimum Gasteiger partial charge on any atom is -0.288 e. The number of para-hydroxylation sites is 1. The van der Waals surface area contributed by atoms with Crippen LogP contribution in [0.15, 0.2) is 53.4 Å². The number of benzene rings is 2. The Kier molecular flexibility index (Phi) is 5.20. The summed E-state index contributed by atoms with van der Waals surface area (Å²) in [5, 5.41) is 1.44. The predicted octanol–water partition coefficient (Wildman–Crippen LogP) is 5.09. The molecule has 0 N–H and O–H groups in total. The zero-order chi connectivity index (χ0) is 16.2. The second-order valence-electron chi connectivity index (χ2n) is 4.85. The van der Waals surface area contributed by atoms with E-state index in [-0.39, 0.29) is 5.91 Å². The fourth-order valence-corrected chi connectivity index (χ4v) is 4.31. The summed E-state index contributed by atoms with van der Waals surface area (Å²) in [6, 6.07) is 15.5. The van der Waals surface area contributed by atoms with E-state index >= 15 is 0 Å². The Morgan fingerprint density at radius 1 is 1.26 bits per heavy atom. The van der Waals surface area contributed by atoms with Gasteiger partial charge < -0.3 is 0 Å². The SMILES string of the molecule is CCN(C(=O)CSc1cccc(Cl)c1)c1nc2ccccc2s1. The van der Waals surface area contributed by atoms with Crippen molar-refractivity contribution in [1.82, 2.24) is 4.98 Å². The third-order valence-electron chi connectivity index (χ3n) is 3.29. The highest BCUT2D eigenvalue weighted by Crippen LogP contribution is 2.29. The quantitative estimate of drug-likeness (QED) is 0.592. The van der Waals surface area contributed by atoms with Crippen LogP contribution in [0.5, 0.6) is 0 Å². The van der Waals surface area contributed by atoms with Gasteiger partial charge in [0.1, 0.15) is 0 Å². The van der Waals surface area contributed by atoms with Gasteiger partial charge in [0.05, 0.1) is 16.0 Å². The first-order valence-corrected chi connectivity index (χ1v) is 9.39. The largest absolute Gasteiger partial charge is 0.288 e. The van der Waals surface area contributed by atoms with E-state index in [1.165, 1.54) is 11.8 Å². The van der Waals surface area contributed by atoms with Gasteiger partial charge in [0.2, 0.25) is 5.91 Å². The summed E-state index contributed by atoms with van der Waals surface area (Å²) < 4.78 is 1.09. The summed E-state index contributed by atoms with van der Waals surface area (Å²) in [5.74, 6) is 0.418. The first kappa shape index (κ1) is 16.3. The van der Waals surface area contributed by atoms with Crippen LogP contribution in [0.25, 0.3) is 10.2 Å². The molecular weight excluding hydrogens is 348 g/mol. The summed E-state index contributed by atoms with van der Waals surface area (Å²) >= 11 is 9.01. The van der Waals surface area contributed by atoms with E-state index in [1.807, 2.05) is 55.5 Å². The third-order valence-corrected chi connectivity index (χ3v) is 5.56. The van der Waals surface area contributed by atoms with Gasteiger partial charge >= 0.3 is 0 Å². The molecule has 0 spiro atoms.